The molecule has 1 atom stereocenters. The Morgan fingerprint density at radius 2 is 2.00 bits per heavy atom. The molecule has 1 N–H and O–H groups in total. The first-order chi connectivity index (χ1) is 8.14. The highest BCUT2D eigenvalue weighted by molar-refractivity contribution is 5.80. The second-order valence-electron chi connectivity index (χ2n) is 6.19. The summed E-state index contributed by atoms with van der Waals surface area (Å²) in [7, 11) is 0. The van der Waals surface area contributed by atoms with Gasteiger partial charge in [-0.2, -0.15) is 0 Å². The minimum absolute atomic E-state index is 0.0131. The van der Waals surface area contributed by atoms with Gasteiger partial charge in [0, 0.05) is 13.1 Å². The standard InChI is InChI=1S/C13H23NO4/c1-12(2,3)18-8-10(15)14-7-5-6-13(4,9-14)11(16)17/h5-9H2,1-4H3,(H,16,17). The van der Waals surface area contributed by atoms with Crippen LogP contribution in [0.2, 0.25) is 0 Å². The number of carbonyl (C=O) groups excluding carboxylic acids is 1. The SMILES string of the molecule is CC(C)(C)OCC(=O)N1CCCC(C)(C(=O)O)C1. The average molecular weight is 257 g/mol. The highest BCUT2D eigenvalue weighted by Crippen LogP contribution is 2.29. The van der Waals surface area contributed by atoms with E-state index in [4.69, 9.17) is 4.74 Å². The first-order valence-corrected chi connectivity index (χ1v) is 6.29. The fraction of sp³-hybridized carbons (Fsp3) is 0.846. The first kappa shape index (κ1) is 15.0. The topological polar surface area (TPSA) is 66.8 Å². The van der Waals surface area contributed by atoms with E-state index in [0.717, 1.165) is 6.42 Å². The molecule has 0 aromatic heterocycles. The van der Waals surface area contributed by atoms with Gasteiger partial charge in [0.25, 0.3) is 0 Å². The van der Waals surface area contributed by atoms with Gasteiger partial charge in [0.05, 0.1) is 11.0 Å². The summed E-state index contributed by atoms with van der Waals surface area (Å²) in [6.45, 7) is 8.26. The average Bonchev–Trinajstić information content (AvgIpc) is 2.24. The molecule has 1 rings (SSSR count). The molecular weight excluding hydrogens is 234 g/mol. The summed E-state index contributed by atoms with van der Waals surface area (Å²) in [6, 6.07) is 0. The lowest BCUT2D eigenvalue weighted by atomic mass is 9.82. The Morgan fingerprint density at radius 3 is 2.50 bits per heavy atom. The zero-order chi connectivity index (χ0) is 14.0. The largest absolute Gasteiger partial charge is 0.481 e. The Kier molecular flexibility index (Phi) is 4.37. The molecule has 1 fully saturated rings. The van der Waals surface area contributed by atoms with E-state index in [1.54, 1.807) is 11.8 Å². The molecule has 0 bridgehead atoms. The molecule has 0 saturated carbocycles. The lowest BCUT2D eigenvalue weighted by molar-refractivity contribution is -0.155. The van der Waals surface area contributed by atoms with Crippen LogP contribution in [0.15, 0.2) is 0 Å². The van der Waals surface area contributed by atoms with Crippen LogP contribution in [0.4, 0.5) is 0 Å². The lowest BCUT2D eigenvalue weighted by Gasteiger charge is -2.37. The summed E-state index contributed by atoms with van der Waals surface area (Å²) in [5.74, 6) is -0.964. The second-order valence-corrected chi connectivity index (χ2v) is 6.19. The van der Waals surface area contributed by atoms with Crippen molar-refractivity contribution in [3.63, 3.8) is 0 Å². The van der Waals surface area contributed by atoms with Crippen molar-refractivity contribution >= 4 is 11.9 Å². The number of carboxylic acid groups (broad SMARTS) is 1. The van der Waals surface area contributed by atoms with Gasteiger partial charge in [-0.05, 0) is 40.5 Å². The van der Waals surface area contributed by atoms with E-state index in [-0.39, 0.29) is 24.7 Å². The molecular formula is C13H23NO4. The third-order valence-electron chi connectivity index (χ3n) is 3.19. The minimum Gasteiger partial charge on any atom is -0.481 e. The van der Waals surface area contributed by atoms with Crippen molar-refractivity contribution in [3.8, 4) is 0 Å². The van der Waals surface area contributed by atoms with Gasteiger partial charge in [-0.1, -0.05) is 0 Å². The monoisotopic (exact) mass is 257 g/mol. The molecule has 5 nitrogen and oxygen atoms in total. The normalized spacial score (nSPS) is 25.0. The number of carbonyl (C=O) groups is 2. The molecule has 1 aliphatic rings. The molecule has 1 unspecified atom stereocenters. The van der Waals surface area contributed by atoms with Gasteiger partial charge in [0.2, 0.25) is 5.91 Å². The third kappa shape index (κ3) is 3.98. The number of piperidine rings is 1. The molecule has 104 valence electrons. The summed E-state index contributed by atoms with van der Waals surface area (Å²) < 4.78 is 5.43. The predicted molar refractivity (Wildman–Crippen MR) is 67.3 cm³/mol. The van der Waals surface area contributed by atoms with Gasteiger partial charge in [-0.25, -0.2) is 0 Å². The minimum atomic E-state index is -0.836. The number of aliphatic carboxylic acids is 1. The summed E-state index contributed by atoms with van der Waals surface area (Å²) in [6.07, 6.45) is 1.34. The van der Waals surface area contributed by atoms with Crippen molar-refractivity contribution in [2.24, 2.45) is 5.41 Å². The maximum atomic E-state index is 12.0. The summed E-state index contributed by atoms with van der Waals surface area (Å²) >= 11 is 0. The molecule has 0 aliphatic carbocycles. The highest BCUT2D eigenvalue weighted by atomic mass is 16.5. The van der Waals surface area contributed by atoms with E-state index in [2.05, 4.69) is 0 Å². The van der Waals surface area contributed by atoms with E-state index in [1.165, 1.54) is 0 Å². The van der Waals surface area contributed by atoms with Gasteiger partial charge >= 0.3 is 5.97 Å². The molecule has 1 amide bonds. The van der Waals surface area contributed by atoms with Crippen LogP contribution in [0.1, 0.15) is 40.5 Å². The van der Waals surface area contributed by atoms with Gasteiger partial charge in [0.15, 0.2) is 0 Å². The van der Waals surface area contributed by atoms with Crippen LogP contribution in [0.5, 0.6) is 0 Å². The van der Waals surface area contributed by atoms with Crippen molar-refractivity contribution in [1.29, 1.82) is 0 Å². The van der Waals surface area contributed by atoms with Crippen LogP contribution in [0, 0.1) is 5.41 Å². The summed E-state index contributed by atoms with van der Waals surface area (Å²) in [5.41, 5.74) is -1.18. The fourth-order valence-electron chi connectivity index (χ4n) is 2.00. The predicted octanol–water partition coefficient (Wildman–Crippen LogP) is 1.51. The molecule has 0 aromatic carbocycles. The molecule has 0 radical (unpaired) electrons. The Balaban J connectivity index is 2.56. The maximum absolute atomic E-state index is 12.0. The maximum Gasteiger partial charge on any atom is 0.311 e. The molecule has 1 heterocycles. The van der Waals surface area contributed by atoms with Crippen molar-refractivity contribution in [1.82, 2.24) is 4.90 Å². The number of likely N-dealkylation sites (tertiary alicyclic amines) is 1. The van der Waals surface area contributed by atoms with Gasteiger partial charge in [-0.15, -0.1) is 0 Å². The van der Waals surface area contributed by atoms with Gasteiger partial charge in [-0.3, -0.25) is 9.59 Å². The van der Waals surface area contributed by atoms with E-state index in [9.17, 15) is 14.7 Å². The van der Waals surface area contributed by atoms with Crippen molar-refractivity contribution in [2.45, 2.75) is 46.1 Å². The quantitative estimate of drug-likeness (QED) is 0.832. The van der Waals surface area contributed by atoms with Crippen LogP contribution in [0.3, 0.4) is 0 Å². The summed E-state index contributed by atoms with van der Waals surface area (Å²) in [5, 5.41) is 9.19. The van der Waals surface area contributed by atoms with Crippen molar-refractivity contribution in [3.05, 3.63) is 0 Å². The van der Waals surface area contributed by atoms with Crippen LogP contribution in [0.25, 0.3) is 0 Å². The molecule has 1 saturated heterocycles. The van der Waals surface area contributed by atoms with Crippen LogP contribution in [-0.4, -0.2) is 47.2 Å². The molecule has 5 heteroatoms. The molecule has 0 aromatic rings. The number of hydrogen-bond donors (Lipinski definition) is 1. The zero-order valence-electron chi connectivity index (χ0n) is 11.7. The lowest BCUT2D eigenvalue weighted by Crippen LogP contribution is -2.49. The number of amides is 1. The Morgan fingerprint density at radius 1 is 1.39 bits per heavy atom. The van der Waals surface area contributed by atoms with E-state index < -0.39 is 11.4 Å². The van der Waals surface area contributed by atoms with Crippen LogP contribution >= 0.6 is 0 Å². The second kappa shape index (κ2) is 5.26. The Labute approximate surface area is 108 Å². The van der Waals surface area contributed by atoms with E-state index in [0.29, 0.717) is 13.0 Å². The van der Waals surface area contributed by atoms with Crippen molar-refractivity contribution in [2.75, 3.05) is 19.7 Å². The van der Waals surface area contributed by atoms with Crippen LogP contribution in [-0.2, 0) is 14.3 Å². The number of hydrogen-bond acceptors (Lipinski definition) is 3. The van der Waals surface area contributed by atoms with Gasteiger partial charge in [0.1, 0.15) is 6.61 Å². The molecule has 0 spiro atoms. The van der Waals surface area contributed by atoms with Crippen LogP contribution < -0.4 is 0 Å². The zero-order valence-corrected chi connectivity index (χ0v) is 11.7. The van der Waals surface area contributed by atoms with Gasteiger partial charge < -0.3 is 14.7 Å². The Hall–Kier alpha value is -1.10. The smallest absolute Gasteiger partial charge is 0.311 e. The third-order valence-corrected chi connectivity index (χ3v) is 3.19. The first-order valence-electron chi connectivity index (χ1n) is 6.29. The molecule has 18 heavy (non-hydrogen) atoms. The number of ether oxygens (including phenoxy) is 1. The highest BCUT2D eigenvalue weighted by Gasteiger charge is 2.39. The van der Waals surface area contributed by atoms with E-state index in [1.807, 2.05) is 20.8 Å². The number of rotatable bonds is 3. The molecule has 1 aliphatic heterocycles. The number of carboxylic acids is 1. The number of nitrogens with zero attached hydrogens (tertiary/aromatic N) is 1. The van der Waals surface area contributed by atoms with E-state index >= 15 is 0 Å². The fourth-order valence-corrected chi connectivity index (χ4v) is 2.00. The van der Waals surface area contributed by atoms with Crippen molar-refractivity contribution < 1.29 is 19.4 Å². The Bertz CT molecular complexity index is 334. The summed E-state index contributed by atoms with van der Waals surface area (Å²) in [4.78, 5) is 24.8.